The van der Waals surface area contributed by atoms with E-state index in [0.717, 1.165) is 23.0 Å². The molecule has 0 saturated heterocycles. The van der Waals surface area contributed by atoms with Crippen LogP contribution in [0.25, 0.3) is 22.2 Å². The van der Waals surface area contributed by atoms with Gasteiger partial charge in [0.05, 0.1) is 23.5 Å². The number of aromatic nitrogens is 3. The molecule has 2 aromatic heterocycles. The number of nitrogens with one attached hydrogen (secondary N) is 1. The van der Waals surface area contributed by atoms with Gasteiger partial charge in [-0.05, 0) is 24.3 Å². The van der Waals surface area contributed by atoms with Crippen LogP contribution in [0.3, 0.4) is 0 Å². The molecule has 30 heavy (non-hydrogen) atoms. The molecule has 2 heterocycles. The molecule has 0 spiro atoms. The highest BCUT2D eigenvalue weighted by Gasteiger charge is 2.11. The van der Waals surface area contributed by atoms with Crippen molar-refractivity contribution in [3.8, 4) is 11.3 Å². The Hall–Kier alpha value is -3.71. The molecule has 0 aliphatic carbocycles. The molecule has 4 rings (SSSR count). The molecule has 0 aliphatic heterocycles. The van der Waals surface area contributed by atoms with E-state index >= 15 is 0 Å². The van der Waals surface area contributed by atoms with Gasteiger partial charge in [0.15, 0.2) is 0 Å². The van der Waals surface area contributed by atoms with Crippen LogP contribution in [0.4, 0.5) is 5.69 Å². The number of hydrogen-bond donors (Lipinski definition) is 1. The van der Waals surface area contributed by atoms with Gasteiger partial charge in [-0.15, -0.1) is 0 Å². The summed E-state index contributed by atoms with van der Waals surface area (Å²) < 4.78 is 8.40. The second kappa shape index (κ2) is 8.75. The molecule has 7 nitrogen and oxygen atoms in total. The minimum atomic E-state index is -0.325. The van der Waals surface area contributed by atoms with Crippen LogP contribution in [0.1, 0.15) is 0 Å². The molecular weight excluding hydrogens is 380 g/mol. The van der Waals surface area contributed by atoms with E-state index in [0.29, 0.717) is 18.0 Å². The first-order valence-corrected chi connectivity index (χ1v) is 9.66. The second-order valence-electron chi connectivity index (χ2n) is 6.87. The van der Waals surface area contributed by atoms with Crippen LogP contribution >= 0.6 is 0 Å². The highest BCUT2D eigenvalue weighted by atomic mass is 16.5. The molecule has 4 aromatic rings. The maximum absolute atomic E-state index is 12.7. The van der Waals surface area contributed by atoms with Gasteiger partial charge < -0.3 is 14.6 Å². The normalized spacial score (nSPS) is 11.0. The standard InChI is InChI=1S/C23H22N4O3/c1-30-15-14-26-13-12-18-20(8-5-9-21(18)26)24-22(28)16-27-23(29)11-10-19(25-27)17-6-3-2-4-7-17/h2-13H,14-16H2,1H3,(H,24,28). The fraction of sp³-hybridized carbons (Fsp3) is 0.174. The van der Waals surface area contributed by atoms with Crippen molar-refractivity contribution in [3.05, 3.63) is 83.3 Å². The zero-order chi connectivity index (χ0) is 20.9. The molecule has 152 valence electrons. The number of methoxy groups -OCH3 is 1. The van der Waals surface area contributed by atoms with Crippen molar-refractivity contribution in [2.24, 2.45) is 0 Å². The minimum Gasteiger partial charge on any atom is -0.383 e. The summed E-state index contributed by atoms with van der Waals surface area (Å²) in [4.78, 5) is 24.9. The molecular formula is C23H22N4O3. The zero-order valence-electron chi connectivity index (χ0n) is 16.6. The smallest absolute Gasteiger partial charge is 0.267 e. The van der Waals surface area contributed by atoms with Crippen LogP contribution in [-0.4, -0.2) is 34.0 Å². The monoisotopic (exact) mass is 402 g/mol. The van der Waals surface area contributed by atoms with Crippen LogP contribution in [0.15, 0.2) is 77.7 Å². The number of nitrogens with zero attached hydrogens (tertiary/aromatic N) is 3. The summed E-state index contributed by atoms with van der Waals surface area (Å²) in [7, 11) is 1.67. The van der Waals surface area contributed by atoms with Crippen molar-refractivity contribution in [1.82, 2.24) is 14.3 Å². The van der Waals surface area contributed by atoms with E-state index in [1.807, 2.05) is 60.8 Å². The number of hydrogen-bond acceptors (Lipinski definition) is 4. The maximum atomic E-state index is 12.7. The van der Waals surface area contributed by atoms with Crippen LogP contribution in [-0.2, 0) is 22.6 Å². The molecule has 0 saturated carbocycles. The first-order valence-electron chi connectivity index (χ1n) is 9.66. The van der Waals surface area contributed by atoms with Crippen molar-refractivity contribution in [3.63, 3.8) is 0 Å². The van der Waals surface area contributed by atoms with Gasteiger partial charge in [-0.1, -0.05) is 36.4 Å². The van der Waals surface area contributed by atoms with Crippen LogP contribution in [0.2, 0.25) is 0 Å². The van der Waals surface area contributed by atoms with Gasteiger partial charge in [0.2, 0.25) is 5.91 Å². The van der Waals surface area contributed by atoms with E-state index in [1.165, 1.54) is 10.7 Å². The fourth-order valence-corrected chi connectivity index (χ4v) is 3.37. The lowest BCUT2D eigenvalue weighted by Gasteiger charge is -2.10. The Morgan fingerprint density at radius 2 is 1.87 bits per heavy atom. The Morgan fingerprint density at radius 3 is 2.67 bits per heavy atom. The summed E-state index contributed by atoms with van der Waals surface area (Å²) in [6.07, 6.45) is 1.97. The largest absolute Gasteiger partial charge is 0.383 e. The van der Waals surface area contributed by atoms with Crippen LogP contribution < -0.4 is 10.9 Å². The summed E-state index contributed by atoms with van der Waals surface area (Å²) in [6.45, 7) is 1.16. The average Bonchev–Trinajstić information content (AvgIpc) is 3.18. The van der Waals surface area contributed by atoms with E-state index in [2.05, 4.69) is 15.0 Å². The lowest BCUT2D eigenvalue weighted by atomic mass is 10.1. The molecule has 7 heteroatoms. The SMILES string of the molecule is COCCn1ccc2c(NC(=O)Cn3nc(-c4ccccc4)ccc3=O)cccc21. The van der Waals surface area contributed by atoms with Gasteiger partial charge in [0.25, 0.3) is 5.56 Å². The third-order valence-corrected chi connectivity index (χ3v) is 4.85. The van der Waals surface area contributed by atoms with Crippen molar-refractivity contribution >= 4 is 22.5 Å². The van der Waals surface area contributed by atoms with Crippen LogP contribution in [0, 0.1) is 0 Å². The minimum absolute atomic E-state index is 0.166. The van der Waals surface area contributed by atoms with Crippen molar-refractivity contribution in [1.29, 1.82) is 0 Å². The fourth-order valence-electron chi connectivity index (χ4n) is 3.37. The third kappa shape index (κ3) is 4.16. The molecule has 0 unspecified atom stereocenters. The van der Waals surface area contributed by atoms with Crippen molar-refractivity contribution in [2.45, 2.75) is 13.1 Å². The van der Waals surface area contributed by atoms with Gasteiger partial charge in [0, 0.05) is 36.9 Å². The van der Waals surface area contributed by atoms with Gasteiger partial charge in [-0.25, -0.2) is 4.68 Å². The quantitative estimate of drug-likeness (QED) is 0.515. The number of benzene rings is 2. The van der Waals surface area contributed by atoms with Gasteiger partial charge in [-0.3, -0.25) is 9.59 Å². The van der Waals surface area contributed by atoms with Crippen molar-refractivity contribution < 1.29 is 9.53 Å². The predicted octanol–water partition coefficient (Wildman–Crippen LogP) is 3.15. The maximum Gasteiger partial charge on any atom is 0.267 e. The van der Waals surface area contributed by atoms with E-state index < -0.39 is 0 Å². The molecule has 0 fully saturated rings. The first kappa shape index (κ1) is 19.6. The first-order chi connectivity index (χ1) is 14.7. The molecule has 2 aromatic carbocycles. The van der Waals surface area contributed by atoms with E-state index in [-0.39, 0.29) is 18.0 Å². The summed E-state index contributed by atoms with van der Waals surface area (Å²) in [5.74, 6) is -0.313. The number of carbonyl (C=O) groups excluding carboxylic acids is 1. The second-order valence-corrected chi connectivity index (χ2v) is 6.87. The molecule has 0 aliphatic rings. The highest BCUT2D eigenvalue weighted by Crippen LogP contribution is 2.24. The number of rotatable bonds is 7. The number of amides is 1. The Balaban J connectivity index is 1.54. The van der Waals surface area contributed by atoms with Crippen molar-refractivity contribution in [2.75, 3.05) is 19.0 Å². The molecule has 0 radical (unpaired) electrons. The van der Waals surface area contributed by atoms with Crippen LogP contribution in [0.5, 0.6) is 0 Å². The van der Waals surface area contributed by atoms with E-state index in [1.54, 1.807) is 13.2 Å². The Morgan fingerprint density at radius 1 is 1.03 bits per heavy atom. The number of carbonyl (C=O) groups is 1. The highest BCUT2D eigenvalue weighted by molar-refractivity contribution is 6.01. The Kier molecular flexibility index (Phi) is 5.72. The van der Waals surface area contributed by atoms with Gasteiger partial charge in [-0.2, -0.15) is 5.10 Å². The van der Waals surface area contributed by atoms with Gasteiger partial charge >= 0.3 is 0 Å². The summed E-state index contributed by atoms with van der Waals surface area (Å²) in [6, 6.07) is 20.3. The zero-order valence-corrected chi connectivity index (χ0v) is 16.6. The van der Waals surface area contributed by atoms with E-state index in [9.17, 15) is 9.59 Å². The average molecular weight is 402 g/mol. The lowest BCUT2D eigenvalue weighted by molar-refractivity contribution is -0.117. The lowest BCUT2D eigenvalue weighted by Crippen LogP contribution is -2.29. The number of fused-ring (bicyclic) bond motifs is 1. The van der Waals surface area contributed by atoms with E-state index in [4.69, 9.17) is 4.74 Å². The molecule has 0 atom stereocenters. The Bertz CT molecular complexity index is 1230. The topological polar surface area (TPSA) is 78.2 Å². The molecule has 0 bridgehead atoms. The summed E-state index contributed by atoms with van der Waals surface area (Å²) >= 11 is 0. The number of ether oxygens (including phenoxy) is 1. The molecule has 1 amide bonds. The summed E-state index contributed by atoms with van der Waals surface area (Å²) in [5, 5.41) is 8.19. The summed E-state index contributed by atoms with van der Waals surface area (Å²) in [5.41, 5.74) is 2.90. The number of anilines is 1. The van der Waals surface area contributed by atoms with Gasteiger partial charge in [0.1, 0.15) is 6.54 Å². The third-order valence-electron chi connectivity index (χ3n) is 4.85. The Labute approximate surface area is 173 Å². The molecule has 1 N–H and O–H groups in total. The predicted molar refractivity (Wildman–Crippen MR) is 116 cm³/mol.